The molecule has 0 aliphatic carbocycles. The molecule has 3 aromatic carbocycles. The number of benzene rings is 3. The summed E-state index contributed by atoms with van der Waals surface area (Å²) in [6.45, 7) is 0. The first-order chi connectivity index (χ1) is 14.7. The zero-order valence-corrected chi connectivity index (χ0v) is 17.1. The van der Waals surface area contributed by atoms with E-state index in [4.69, 9.17) is 4.74 Å². The summed E-state index contributed by atoms with van der Waals surface area (Å²) in [6.07, 6.45) is 0.243. The predicted molar refractivity (Wildman–Crippen MR) is 119 cm³/mol. The Morgan fingerprint density at radius 3 is 2.40 bits per heavy atom. The van der Waals surface area contributed by atoms with Crippen molar-refractivity contribution in [1.29, 1.82) is 5.26 Å². The number of nitriles is 1. The fraction of sp³-hybridized carbons (Fsp3) is 0.120. The SMILES string of the molecule is N#CC1=C(SCc2ccccc2)NC(=O)C[C@H]1c1cccc(Oc2ccccc2)c1. The fourth-order valence-electron chi connectivity index (χ4n) is 3.37. The Kier molecular flexibility index (Phi) is 6.17. The molecular formula is C25H20N2O2S. The van der Waals surface area contributed by atoms with E-state index in [0.29, 0.717) is 22.1 Å². The van der Waals surface area contributed by atoms with Crippen molar-refractivity contribution in [3.05, 3.63) is 107 Å². The monoisotopic (exact) mass is 412 g/mol. The van der Waals surface area contributed by atoms with E-state index in [1.165, 1.54) is 11.8 Å². The van der Waals surface area contributed by atoms with E-state index in [0.717, 1.165) is 16.9 Å². The second-order valence-corrected chi connectivity index (χ2v) is 7.91. The lowest BCUT2D eigenvalue weighted by atomic mass is 9.87. The predicted octanol–water partition coefficient (Wildman–Crippen LogP) is 5.75. The van der Waals surface area contributed by atoms with Crippen molar-refractivity contribution < 1.29 is 9.53 Å². The van der Waals surface area contributed by atoms with Gasteiger partial charge < -0.3 is 10.1 Å². The van der Waals surface area contributed by atoms with E-state index in [1.807, 2.05) is 84.9 Å². The molecule has 148 valence electrons. The van der Waals surface area contributed by atoms with Gasteiger partial charge >= 0.3 is 0 Å². The van der Waals surface area contributed by atoms with Gasteiger partial charge in [0.2, 0.25) is 5.91 Å². The molecule has 0 spiro atoms. The number of amides is 1. The Hall–Kier alpha value is -3.49. The normalized spacial score (nSPS) is 16.0. The minimum absolute atomic E-state index is 0.0797. The van der Waals surface area contributed by atoms with Crippen LogP contribution in [0.5, 0.6) is 11.5 Å². The molecule has 0 saturated carbocycles. The maximum atomic E-state index is 12.4. The van der Waals surface area contributed by atoms with E-state index >= 15 is 0 Å². The van der Waals surface area contributed by atoms with E-state index in [1.54, 1.807) is 0 Å². The summed E-state index contributed by atoms with van der Waals surface area (Å²) in [6, 6.07) is 29.5. The Balaban J connectivity index is 1.59. The van der Waals surface area contributed by atoms with Crippen molar-refractivity contribution >= 4 is 17.7 Å². The molecule has 0 bridgehead atoms. The van der Waals surface area contributed by atoms with Crippen LogP contribution < -0.4 is 10.1 Å². The number of carbonyl (C=O) groups is 1. The summed E-state index contributed by atoms with van der Waals surface area (Å²) >= 11 is 1.49. The van der Waals surface area contributed by atoms with Crippen molar-refractivity contribution in [2.75, 3.05) is 0 Å². The van der Waals surface area contributed by atoms with Gasteiger partial charge in [-0.05, 0) is 35.4 Å². The first-order valence-electron chi connectivity index (χ1n) is 9.66. The average Bonchev–Trinajstić information content (AvgIpc) is 2.79. The third-order valence-electron chi connectivity index (χ3n) is 4.82. The Labute approximate surface area is 180 Å². The molecule has 1 aliphatic heterocycles. The van der Waals surface area contributed by atoms with Gasteiger partial charge in [0.1, 0.15) is 11.5 Å². The second-order valence-electron chi connectivity index (χ2n) is 6.92. The van der Waals surface area contributed by atoms with Gasteiger partial charge in [-0.1, -0.05) is 60.7 Å². The number of carbonyl (C=O) groups excluding carboxylic acids is 1. The van der Waals surface area contributed by atoms with E-state index < -0.39 is 0 Å². The molecule has 1 amide bonds. The first kappa shape index (κ1) is 19.8. The molecule has 3 aromatic rings. The van der Waals surface area contributed by atoms with E-state index in [-0.39, 0.29) is 18.2 Å². The molecule has 0 saturated heterocycles. The Bertz CT molecular complexity index is 1100. The van der Waals surface area contributed by atoms with E-state index in [2.05, 4.69) is 11.4 Å². The zero-order chi connectivity index (χ0) is 20.8. The lowest BCUT2D eigenvalue weighted by Gasteiger charge is -2.25. The summed E-state index contributed by atoms with van der Waals surface area (Å²) in [5, 5.41) is 13.4. The van der Waals surface area contributed by atoms with Crippen LogP contribution in [0.1, 0.15) is 23.5 Å². The molecule has 0 aromatic heterocycles. The molecular weight excluding hydrogens is 392 g/mol. The molecule has 1 N–H and O–H groups in total. The molecule has 0 fully saturated rings. The first-order valence-corrected chi connectivity index (χ1v) is 10.6. The molecule has 30 heavy (non-hydrogen) atoms. The number of para-hydroxylation sites is 1. The number of thioether (sulfide) groups is 1. The number of allylic oxidation sites excluding steroid dienone is 1. The number of nitrogens with zero attached hydrogens (tertiary/aromatic N) is 1. The van der Waals surface area contributed by atoms with Gasteiger partial charge in [0.25, 0.3) is 0 Å². The highest BCUT2D eigenvalue weighted by Crippen LogP contribution is 2.38. The van der Waals surface area contributed by atoms with Gasteiger partial charge in [-0.25, -0.2) is 0 Å². The molecule has 1 heterocycles. The Morgan fingerprint density at radius 1 is 0.967 bits per heavy atom. The lowest BCUT2D eigenvalue weighted by Crippen LogP contribution is -2.30. The van der Waals surface area contributed by atoms with Crippen LogP contribution in [-0.4, -0.2) is 5.91 Å². The highest BCUT2D eigenvalue weighted by Gasteiger charge is 2.29. The van der Waals surface area contributed by atoms with Crippen LogP contribution in [0, 0.1) is 11.3 Å². The maximum Gasteiger partial charge on any atom is 0.225 e. The molecule has 5 heteroatoms. The van der Waals surface area contributed by atoms with Crippen molar-refractivity contribution in [2.24, 2.45) is 0 Å². The number of hydrogen-bond acceptors (Lipinski definition) is 4. The van der Waals surface area contributed by atoms with Crippen LogP contribution in [0.2, 0.25) is 0 Å². The van der Waals surface area contributed by atoms with Crippen LogP contribution in [-0.2, 0) is 10.5 Å². The molecule has 0 radical (unpaired) electrons. The van der Waals surface area contributed by atoms with Crippen molar-refractivity contribution in [2.45, 2.75) is 18.1 Å². The van der Waals surface area contributed by atoms with Crippen LogP contribution in [0.4, 0.5) is 0 Å². The summed E-state index contributed by atoms with van der Waals surface area (Å²) in [5.41, 5.74) is 2.63. The molecule has 1 aliphatic rings. The van der Waals surface area contributed by atoms with Crippen LogP contribution in [0.3, 0.4) is 0 Å². The number of nitrogens with one attached hydrogen (secondary N) is 1. The number of hydrogen-bond donors (Lipinski definition) is 1. The Morgan fingerprint density at radius 2 is 1.67 bits per heavy atom. The average molecular weight is 413 g/mol. The van der Waals surface area contributed by atoms with Gasteiger partial charge in [-0.15, -0.1) is 11.8 Å². The van der Waals surface area contributed by atoms with Gasteiger partial charge in [-0.2, -0.15) is 5.26 Å². The minimum atomic E-state index is -0.290. The van der Waals surface area contributed by atoms with Crippen molar-refractivity contribution in [1.82, 2.24) is 5.32 Å². The standard InChI is InChI=1S/C25H20N2O2S/c26-16-23-22(15-24(28)27-25(23)30-17-18-8-3-1-4-9-18)19-10-7-13-21(14-19)29-20-11-5-2-6-12-20/h1-14,22H,15,17H2,(H,27,28)/t22-/m0/s1. The van der Waals surface area contributed by atoms with Crippen LogP contribution >= 0.6 is 11.8 Å². The van der Waals surface area contributed by atoms with Crippen molar-refractivity contribution in [3.8, 4) is 17.6 Å². The molecule has 0 unspecified atom stereocenters. The summed E-state index contributed by atoms with van der Waals surface area (Å²) < 4.78 is 5.93. The van der Waals surface area contributed by atoms with Gasteiger partial charge in [-0.3, -0.25) is 4.79 Å². The highest BCUT2D eigenvalue weighted by atomic mass is 32.2. The summed E-state index contributed by atoms with van der Waals surface area (Å²) in [7, 11) is 0. The fourth-order valence-corrected chi connectivity index (χ4v) is 4.40. The van der Waals surface area contributed by atoms with Crippen LogP contribution in [0.15, 0.2) is 95.5 Å². The quantitative estimate of drug-likeness (QED) is 0.560. The third-order valence-corrected chi connectivity index (χ3v) is 5.91. The summed E-state index contributed by atoms with van der Waals surface area (Å²) in [5.74, 6) is 1.74. The third kappa shape index (κ3) is 4.73. The molecule has 4 nitrogen and oxygen atoms in total. The van der Waals surface area contributed by atoms with Gasteiger partial charge in [0, 0.05) is 18.1 Å². The second kappa shape index (κ2) is 9.34. The number of rotatable bonds is 6. The van der Waals surface area contributed by atoms with Crippen molar-refractivity contribution in [3.63, 3.8) is 0 Å². The molecule has 1 atom stereocenters. The van der Waals surface area contributed by atoms with Gasteiger partial charge in [0.15, 0.2) is 0 Å². The molecule has 4 rings (SSSR count). The largest absolute Gasteiger partial charge is 0.457 e. The zero-order valence-electron chi connectivity index (χ0n) is 16.2. The topological polar surface area (TPSA) is 62.1 Å². The highest BCUT2D eigenvalue weighted by molar-refractivity contribution is 8.02. The number of ether oxygens (including phenoxy) is 1. The lowest BCUT2D eigenvalue weighted by molar-refractivity contribution is -0.120. The maximum absolute atomic E-state index is 12.4. The van der Waals surface area contributed by atoms with Crippen LogP contribution in [0.25, 0.3) is 0 Å². The van der Waals surface area contributed by atoms with Gasteiger partial charge in [0.05, 0.1) is 16.7 Å². The summed E-state index contributed by atoms with van der Waals surface area (Å²) in [4.78, 5) is 12.4. The smallest absolute Gasteiger partial charge is 0.225 e. The van der Waals surface area contributed by atoms with E-state index in [9.17, 15) is 10.1 Å². The minimum Gasteiger partial charge on any atom is -0.457 e.